The van der Waals surface area contributed by atoms with Gasteiger partial charge < -0.3 is 10.0 Å². The maximum absolute atomic E-state index is 10.6. The first-order valence-corrected chi connectivity index (χ1v) is 3.82. The lowest BCUT2D eigenvalue weighted by atomic mass is 10.0. The molecule has 0 bridgehead atoms. The van der Waals surface area contributed by atoms with Gasteiger partial charge in [0.15, 0.2) is 0 Å². The van der Waals surface area contributed by atoms with Crippen LogP contribution in [0.3, 0.4) is 0 Å². The molecule has 0 aromatic carbocycles. The van der Waals surface area contributed by atoms with E-state index in [2.05, 4.69) is 0 Å². The number of carboxylic acid groups (broad SMARTS) is 1. The van der Waals surface area contributed by atoms with Crippen molar-refractivity contribution >= 4 is 12.4 Å². The van der Waals surface area contributed by atoms with Crippen LogP contribution in [0.5, 0.6) is 0 Å². The summed E-state index contributed by atoms with van der Waals surface area (Å²) in [5.74, 6) is -0.726. The zero-order chi connectivity index (χ0) is 9.72. The Kier molecular flexibility index (Phi) is 4.33. The van der Waals surface area contributed by atoms with E-state index >= 15 is 0 Å². The zero-order valence-electron chi connectivity index (χ0n) is 7.57. The average molecular weight is 172 g/mol. The van der Waals surface area contributed by atoms with Gasteiger partial charge in [0.05, 0.1) is 0 Å². The molecule has 0 aromatic heterocycles. The Morgan fingerprint density at radius 3 is 2.33 bits per heavy atom. The molecule has 1 atom stereocenters. The molecular weight excluding hydrogens is 158 g/mol. The second-order valence-electron chi connectivity index (χ2n) is 3.19. The lowest BCUT2D eigenvalue weighted by Gasteiger charge is -2.20. The number of carbonyl (C=O) groups is 1. The van der Waals surface area contributed by atoms with Crippen LogP contribution in [-0.4, -0.2) is 35.5 Å². The van der Waals surface area contributed by atoms with Gasteiger partial charge in [-0.1, -0.05) is 13.8 Å². The standard InChI is InChI=1S/C8H14NO3/c1-6(2)4-7(8(11)12)9(3)5-10/h6-7H,4H2,1-3H3,(H,11,12). The number of nitrogens with zero attached hydrogens (tertiary/aromatic N) is 1. The van der Waals surface area contributed by atoms with Gasteiger partial charge >= 0.3 is 12.4 Å². The first kappa shape index (κ1) is 10.9. The van der Waals surface area contributed by atoms with Gasteiger partial charge in [0, 0.05) is 7.05 Å². The number of likely N-dealkylation sites (N-methyl/N-ethyl adjacent to an activating group) is 1. The first-order chi connectivity index (χ1) is 5.49. The number of rotatable bonds is 5. The van der Waals surface area contributed by atoms with E-state index in [4.69, 9.17) is 5.11 Å². The van der Waals surface area contributed by atoms with Crippen LogP contribution in [0.2, 0.25) is 0 Å². The molecule has 0 aliphatic carbocycles. The molecule has 0 fully saturated rings. The van der Waals surface area contributed by atoms with Gasteiger partial charge in [0.25, 0.3) is 0 Å². The minimum atomic E-state index is -0.977. The SMILES string of the molecule is CC(C)CC(C(=O)O)N(C)[C]=O. The quantitative estimate of drug-likeness (QED) is 0.614. The third-order valence-electron chi connectivity index (χ3n) is 1.59. The van der Waals surface area contributed by atoms with E-state index in [0.29, 0.717) is 6.42 Å². The molecule has 1 radical (unpaired) electrons. The van der Waals surface area contributed by atoms with Crippen LogP contribution in [0, 0.1) is 5.92 Å². The Balaban J connectivity index is 4.22. The fourth-order valence-electron chi connectivity index (χ4n) is 0.935. The topological polar surface area (TPSA) is 57.6 Å². The molecule has 0 spiro atoms. The molecule has 0 aliphatic rings. The molecule has 12 heavy (non-hydrogen) atoms. The van der Waals surface area contributed by atoms with Crippen molar-refractivity contribution in [2.24, 2.45) is 5.92 Å². The van der Waals surface area contributed by atoms with Crippen molar-refractivity contribution in [2.45, 2.75) is 26.3 Å². The van der Waals surface area contributed by atoms with Gasteiger partial charge in [0.2, 0.25) is 0 Å². The highest BCUT2D eigenvalue weighted by molar-refractivity contribution is 5.76. The highest BCUT2D eigenvalue weighted by Crippen LogP contribution is 2.08. The summed E-state index contributed by atoms with van der Waals surface area (Å²) in [5.41, 5.74) is 0. The number of aliphatic carboxylic acids is 1. The summed E-state index contributed by atoms with van der Waals surface area (Å²) in [4.78, 5) is 21.8. The fraction of sp³-hybridized carbons (Fsp3) is 0.750. The smallest absolute Gasteiger partial charge is 0.326 e. The highest BCUT2D eigenvalue weighted by atomic mass is 16.4. The number of hydrogen-bond donors (Lipinski definition) is 1. The number of hydrogen-bond acceptors (Lipinski definition) is 2. The Morgan fingerprint density at radius 1 is 1.58 bits per heavy atom. The van der Waals surface area contributed by atoms with Gasteiger partial charge in [-0.15, -0.1) is 0 Å². The van der Waals surface area contributed by atoms with Crippen LogP contribution in [0.25, 0.3) is 0 Å². The van der Waals surface area contributed by atoms with Crippen molar-refractivity contribution in [1.82, 2.24) is 4.90 Å². The van der Waals surface area contributed by atoms with Crippen molar-refractivity contribution in [3.63, 3.8) is 0 Å². The highest BCUT2D eigenvalue weighted by Gasteiger charge is 2.22. The summed E-state index contributed by atoms with van der Waals surface area (Å²) in [6.07, 6.45) is 2.01. The summed E-state index contributed by atoms with van der Waals surface area (Å²) < 4.78 is 0. The molecule has 1 amide bonds. The predicted octanol–water partition coefficient (Wildman–Crippen LogP) is 0.485. The lowest BCUT2D eigenvalue weighted by molar-refractivity contribution is -0.142. The second kappa shape index (κ2) is 4.74. The molecule has 1 unspecified atom stereocenters. The first-order valence-electron chi connectivity index (χ1n) is 3.82. The van der Waals surface area contributed by atoms with Gasteiger partial charge in [-0.05, 0) is 12.3 Å². The van der Waals surface area contributed by atoms with Crippen LogP contribution < -0.4 is 0 Å². The van der Waals surface area contributed by atoms with Crippen molar-refractivity contribution in [3.05, 3.63) is 0 Å². The van der Waals surface area contributed by atoms with E-state index in [1.807, 2.05) is 13.8 Å². The molecule has 0 heterocycles. The number of amides is 1. The summed E-state index contributed by atoms with van der Waals surface area (Å²) in [6.45, 7) is 3.82. The van der Waals surface area contributed by atoms with E-state index < -0.39 is 12.0 Å². The van der Waals surface area contributed by atoms with Crippen molar-refractivity contribution < 1.29 is 14.7 Å². The largest absolute Gasteiger partial charge is 0.480 e. The molecule has 1 N–H and O–H groups in total. The number of carbonyl (C=O) groups excluding carboxylic acids is 1. The van der Waals surface area contributed by atoms with E-state index in [9.17, 15) is 9.59 Å². The molecule has 4 nitrogen and oxygen atoms in total. The molecular formula is C8H14NO3. The van der Waals surface area contributed by atoms with Gasteiger partial charge in [0.1, 0.15) is 6.04 Å². The maximum atomic E-state index is 10.6. The minimum Gasteiger partial charge on any atom is -0.480 e. The molecule has 4 heteroatoms. The van der Waals surface area contributed by atoms with Gasteiger partial charge in [-0.2, -0.15) is 0 Å². The van der Waals surface area contributed by atoms with E-state index in [1.54, 1.807) is 6.41 Å². The Hall–Kier alpha value is -1.06. The van der Waals surface area contributed by atoms with Crippen LogP contribution in [0.4, 0.5) is 0 Å². The zero-order valence-corrected chi connectivity index (χ0v) is 7.57. The van der Waals surface area contributed by atoms with E-state index in [-0.39, 0.29) is 5.92 Å². The van der Waals surface area contributed by atoms with Crippen LogP contribution in [-0.2, 0) is 9.59 Å². The van der Waals surface area contributed by atoms with Crippen molar-refractivity contribution in [3.8, 4) is 0 Å². The normalized spacial score (nSPS) is 12.7. The van der Waals surface area contributed by atoms with Crippen LogP contribution in [0.1, 0.15) is 20.3 Å². The van der Waals surface area contributed by atoms with Gasteiger partial charge in [-0.25, -0.2) is 4.79 Å². The third-order valence-corrected chi connectivity index (χ3v) is 1.59. The monoisotopic (exact) mass is 172 g/mol. The third kappa shape index (κ3) is 3.37. The van der Waals surface area contributed by atoms with Crippen LogP contribution in [0.15, 0.2) is 0 Å². The Labute approximate surface area is 72.2 Å². The predicted molar refractivity (Wildman–Crippen MR) is 44.3 cm³/mol. The van der Waals surface area contributed by atoms with Gasteiger partial charge in [-0.3, -0.25) is 4.79 Å². The van der Waals surface area contributed by atoms with Crippen LogP contribution >= 0.6 is 0 Å². The fourth-order valence-corrected chi connectivity index (χ4v) is 0.935. The molecule has 0 aliphatic heterocycles. The van der Waals surface area contributed by atoms with E-state index in [1.165, 1.54) is 7.05 Å². The average Bonchev–Trinajstić information content (AvgIpc) is 1.98. The molecule has 0 saturated heterocycles. The minimum absolute atomic E-state index is 0.252. The Morgan fingerprint density at radius 2 is 2.08 bits per heavy atom. The van der Waals surface area contributed by atoms with E-state index in [0.717, 1.165) is 4.90 Å². The summed E-state index contributed by atoms with van der Waals surface area (Å²) in [6, 6.07) is -0.748. The maximum Gasteiger partial charge on any atom is 0.326 e. The lowest BCUT2D eigenvalue weighted by Crippen LogP contribution is -2.38. The molecule has 69 valence electrons. The second-order valence-corrected chi connectivity index (χ2v) is 3.19. The van der Waals surface area contributed by atoms with Crippen molar-refractivity contribution in [2.75, 3.05) is 7.05 Å². The molecule has 0 rings (SSSR count). The molecule has 0 saturated carbocycles. The summed E-state index contributed by atoms with van der Waals surface area (Å²) in [5, 5.41) is 8.70. The number of carboxylic acids is 1. The summed E-state index contributed by atoms with van der Waals surface area (Å²) in [7, 11) is 1.42. The summed E-state index contributed by atoms with van der Waals surface area (Å²) >= 11 is 0. The molecule has 0 aromatic rings. The van der Waals surface area contributed by atoms with Crippen molar-refractivity contribution in [1.29, 1.82) is 0 Å². The Bertz CT molecular complexity index is 168.